The Bertz CT molecular complexity index is 1070. The number of imidazole rings is 1. The molecule has 0 fully saturated rings. The van der Waals surface area contributed by atoms with Crippen molar-refractivity contribution in [2.24, 2.45) is 15.3 Å². The van der Waals surface area contributed by atoms with Crippen LogP contribution in [0.4, 0.5) is 17.6 Å². The van der Waals surface area contributed by atoms with Crippen LogP contribution in [0.25, 0.3) is 15.8 Å². The van der Waals surface area contributed by atoms with Gasteiger partial charge in [0.1, 0.15) is 0 Å². The van der Waals surface area contributed by atoms with Gasteiger partial charge >= 0.3 is 5.95 Å². The summed E-state index contributed by atoms with van der Waals surface area (Å²) in [6, 6.07) is 19.0. The first-order valence-electron chi connectivity index (χ1n) is 8.16. The molecule has 0 aliphatic rings. The van der Waals surface area contributed by atoms with Crippen LogP contribution in [0.15, 0.2) is 82.2 Å². The molecule has 0 amide bonds. The Morgan fingerprint density at radius 1 is 1.00 bits per heavy atom. The first-order chi connectivity index (χ1) is 13.8. The van der Waals surface area contributed by atoms with E-state index in [2.05, 4.69) is 40.4 Å². The van der Waals surface area contributed by atoms with Crippen LogP contribution >= 0.6 is 0 Å². The highest BCUT2D eigenvalue weighted by Crippen LogP contribution is 2.26. The zero-order valence-electron chi connectivity index (χ0n) is 14.6. The molecule has 28 heavy (non-hydrogen) atoms. The van der Waals surface area contributed by atoms with Gasteiger partial charge in [-0.1, -0.05) is 78.8 Å². The van der Waals surface area contributed by atoms with E-state index in [-0.39, 0.29) is 17.6 Å². The van der Waals surface area contributed by atoms with Gasteiger partial charge in [-0.15, -0.1) is 10.2 Å². The Hall–Kier alpha value is -4.56. The van der Waals surface area contributed by atoms with Crippen molar-refractivity contribution in [2.75, 3.05) is 5.43 Å². The number of H-pyrrole nitrogens is 1. The highest BCUT2D eigenvalue weighted by Gasteiger charge is 2.13. The van der Waals surface area contributed by atoms with Gasteiger partial charge in [0.15, 0.2) is 0 Å². The quantitative estimate of drug-likeness (QED) is 0.208. The standard InChI is InChI=1S/C20H14N8/c1-21-18-19(22-2)25-20(24-18)28-27-17(16-11-7-4-8-12-16)26-23-14-13-15-9-5-3-6-10-15/h3-14H,(H2,24,25,28)/b14-13+,26-23-,27-17-. The SMILES string of the molecule is [C-]#[N+]c1nc(N\N=C(/N=N\C=C\c2ccccc2)c2ccccc2)[nH]c1[N+]#[C-]. The van der Waals surface area contributed by atoms with Gasteiger partial charge in [-0.2, -0.15) is 5.11 Å². The molecule has 3 aromatic rings. The lowest BCUT2D eigenvalue weighted by molar-refractivity contribution is 1.17. The van der Waals surface area contributed by atoms with Crippen molar-refractivity contribution in [3.05, 3.63) is 101 Å². The van der Waals surface area contributed by atoms with Gasteiger partial charge in [0.25, 0.3) is 11.6 Å². The van der Waals surface area contributed by atoms with Crippen molar-refractivity contribution in [1.29, 1.82) is 0 Å². The molecule has 0 aliphatic heterocycles. The van der Waals surface area contributed by atoms with E-state index in [0.717, 1.165) is 11.1 Å². The summed E-state index contributed by atoms with van der Waals surface area (Å²) >= 11 is 0. The van der Waals surface area contributed by atoms with Gasteiger partial charge in [-0.05, 0) is 11.6 Å². The summed E-state index contributed by atoms with van der Waals surface area (Å²) in [6.45, 7) is 14.1. The second-order valence-corrected chi connectivity index (χ2v) is 5.34. The molecule has 0 aliphatic carbocycles. The predicted octanol–water partition coefficient (Wildman–Crippen LogP) is 5.41. The zero-order valence-corrected chi connectivity index (χ0v) is 14.6. The van der Waals surface area contributed by atoms with Crippen LogP contribution in [-0.4, -0.2) is 15.8 Å². The molecule has 134 valence electrons. The van der Waals surface area contributed by atoms with E-state index in [4.69, 9.17) is 13.1 Å². The summed E-state index contributed by atoms with van der Waals surface area (Å²) in [5.41, 5.74) is 4.44. The first-order valence-corrected chi connectivity index (χ1v) is 8.16. The third-order valence-corrected chi connectivity index (χ3v) is 3.47. The van der Waals surface area contributed by atoms with E-state index in [0.29, 0.717) is 5.84 Å². The molecule has 8 heteroatoms. The van der Waals surface area contributed by atoms with E-state index in [1.807, 2.05) is 66.7 Å². The molecule has 0 saturated carbocycles. The van der Waals surface area contributed by atoms with Crippen LogP contribution in [0.1, 0.15) is 11.1 Å². The van der Waals surface area contributed by atoms with Gasteiger partial charge in [-0.3, -0.25) is 4.98 Å². The maximum absolute atomic E-state index is 7.04. The summed E-state index contributed by atoms with van der Waals surface area (Å²) < 4.78 is 0. The van der Waals surface area contributed by atoms with Crippen molar-refractivity contribution in [2.45, 2.75) is 0 Å². The summed E-state index contributed by atoms with van der Waals surface area (Å²) in [6.07, 6.45) is 3.41. The average molecular weight is 366 g/mol. The summed E-state index contributed by atoms with van der Waals surface area (Å²) in [4.78, 5) is 13.1. The maximum atomic E-state index is 7.04. The molecule has 0 atom stereocenters. The Morgan fingerprint density at radius 3 is 2.36 bits per heavy atom. The lowest BCUT2D eigenvalue weighted by Gasteiger charge is -1.98. The fourth-order valence-corrected chi connectivity index (χ4v) is 2.17. The third kappa shape index (κ3) is 4.75. The second-order valence-electron chi connectivity index (χ2n) is 5.34. The number of hydrogen-bond donors (Lipinski definition) is 2. The Kier molecular flexibility index (Phi) is 6.01. The minimum atomic E-state index is -0.0126. The van der Waals surface area contributed by atoms with Crippen LogP contribution < -0.4 is 5.43 Å². The number of nitrogens with one attached hydrogen (secondary N) is 2. The fourth-order valence-electron chi connectivity index (χ4n) is 2.17. The topological polar surface area (TPSA) is 86.5 Å². The monoisotopic (exact) mass is 366 g/mol. The summed E-state index contributed by atoms with van der Waals surface area (Å²) in [5.74, 6) is 0.548. The van der Waals surface area contributed by atoms with Gasteiger partial charge in [0, 0.05) is 5.56 Å². The van der Waals surface area contributed by atoms with Gasteiger partial charge in [0.2, 0.25) is 5.84 Å². The molecule has 0 unspecified atom stereocenters. The van der Waals surface area contributed by atoms with E-state index in [9.17, 15) is 0 Å². The highest BCUT2D eigenvalue weighted by molar-refractivity contribution is 5.99. The molecule has 1 aromatic heterocycles. The second kappa shape index (κ2) is 9.22. The number of hydrazone groups is 1. The van der Waals surface area contributed by atoms with Crippen LogP contribution in [-0.2, 0) is 0 Å². The fraction of sp³-hybridized carbons (Fsp3) is 0. The Morgan fingerprint density at radius 2 is 1.71 bits per heavy atom. The van der Waals surface area contributed by atoms with Crippen molar-refractivity contribution < 1.29 is 0 Å². The van der Waals surface area contributed by atoms with Gasteiger partial charge < -0.3 is 9.69 Å². The predicted molar refractivity (Wildman–Crippen MR) is 108 cm³/mol. The number of rotatable bonds is 5. The van der Waals surface area contributed by atoms with Crippen molar-refractivity contribution >= 4 is 29.5 Å². The van der Waals surface area contributed by atoms with Gasteiger partial charge in [0.05, 0.1) is 6.20 Å². The van der Waals surface area contributed by atoms with Crippen LogP contribution in [0.5, 0.6) is 0 Å². The summed E-state index contributed by atoms with van der Waals surface area (Å²) in [7, 11) is 0. The lowest BCUT2D eigenvalue weighted by Crippen LogP contribution is -2.01. The van der Waals surface area contributed by atoms with E-state index in [1.54, 1.807) is 6.20 Å². The normalized spacial score (nSPS) is 11.4. The van der Waals surface area contributed by atoms with E-state index < -0.39 is 0 Å². The molecule has 0 spiro atoms. The van der Waals surface area contributed by atoms with Crippen LogP contribution in [0.3, 0.4) is 0 Å². The van der Waals surface area contributed by atoms with Crippen molar-refractivity contribution in [1.82, 2.24) is 9.97 Å². The highest BCUT2D eigenvalue weighted by atomic mass is 15.4. The number of aromatic nitrogens is 2. The smallest absolute Gasteiger partial charge is 0.373 e. The molecule has 0 radical (unpaired) electrons. The third-order valence-electron chi connectivity index (χ3n) is 3.47. The number of azo groups is 1. The lowest BCUT2D eigenvalue weighted by atomic mass is 10.2. The van der Waals surface area contributed by atoms with E-state index >= 15 is 0 Å². The van der Waals surface area contributed by atoms with Crippen molar-refractivity contribution in [3.63, 3.8) is 0 Å². The van der Waals surface area contributed by atoms with Crippen LogP contribution in [0, 0.1) is 13.1 Å². The molecule has 2 aromatic carbocycles. The average Bonchev–Trinajstić information content (AvgIpc) is 3.17. The largest absolute Gasteiger partial charge is 0.390 e. The number of benzene rings is 2. The number of aromatic amines is 1. The number of anilines is 1. The number of nitrogens with zero attached hydrogens (tertiary/aromatic N) is 6. The molecule has 0 saturated heterocycles. The summed E-state index contributed by atoms with van der Waals surface area (Å²) in [5, 5.41) is 12.4. The van der Waals surface area contributed by atoms with Gasteiger partial charge in [-0.25, -0.2) is 5.43 Å². The Balaban J connectivity index is 1.81. The zero-order chi connectivity index (χ0) is 19.6. The molecule has 2 N–H and O–H groups in total. The molecule has 3 rings (SSSR count). The molecule has 0 bridgehead atoms. The first kappa shape index (κ1) is 18.2. The van der Waals surface area contributed by atoms with E-state index in [1.165, 1.54) is 0 Å². The number of hydrogen-bond acceptors (Lipinski definition) is 4. The van der Waals surface area contributed by atoms with Crippen molar-refractivity contribution in [3.8, 4) is 0 Å². The van der Waals surface area contributed by atoms with Crippen LogP contribution in [0.2, 0.25) is 0 Å². The maximum Gasteiger partial charge on any atom is 0.390 e. The number of amidine groups is 1. The Labute approximate surface area is 161 Å². The molecule has 8 nitrogen and oxygen atoms in total. The molecular formula is C20H14N8. The molecular weight excluding hydrogens is 352 g/mol. The molecule has 1 heterocycles. The minimum absolute atomic E-state index is 0.0126. The minimum Gasteiger partial charge on any atom is -0.373 e.